The van der Waals surface area contributed by atoms with E-state index in [1.165, 1.54) is 5.56 Å². The Morgan fingerprint density at radius 2 is 2.21 bits per heavy atom. The maximum Gasteiger partial charge on any atom is 0.317 e. The number of hydrogen-bond donors (Lipinski definition) is 1. The lowest BCUT2D eigenvalue weighted by Crippen LogP contribution is -2.53. The predicted molar refractivity (Wildman–Crippen MR) is 75.1 cm³/mol. The van der Waals surface area contributed by atoms with Crippen LogP contribution < -0.4 is 5.32 Å². The highest BCUT2D eigenvalue weighted by atomic mass is 16.5. The lowest BCUT2D eigenvalue weighted by molar-refractivity contribution is 0.0127. The zero-order valence-corrected chi connectivity index (χ0v) is 11.5. The highest BCUT2D eigenvalue weighted by Crippen LogP contribution is 2.13. The molecule has 0 radical (unpaired) electrons. The number of carbonyl (C=O) groups excluding carboxylic acids is 1. The second kappa shape index (κ2) is 7.14. The van der Waals surface area contributed by atoms with Crippen LogP contribution in [-0.2, 0) is 11.2 Å². The summed E-state index contributed by atoms with van der Waals surface area (Å²) in [6.45, 7) is 4.71. The minimum absolute atomic E-state index is 0.0334. The normalized spacial score (nSPS) is 19.2. The fourth-order valence-corrected chi connectivity index (χ4v) is 2.31. The molecule has 0 saturated carbocycles. The Morgan fingerprint density at radius 3 is 2.95 bits per heavy atom. The number of carbonyl (C=O) groups is 1. The molecule has 1 N–H and O–H groups in total. The first-order valence-electron chi connectivity index (χ1n) is 6.97. The lowest BCUT2D eigenvalue weighted by atomic mass is 10.0. The van der Waals surface area contributed by atoms with Gasteiger partial charge in [-0.3, -0.25) is 0 Å². The number of nitrogens with zero attached hydrogens (tertiary/aromatic N) is 1. The molecule has 1 saturated heterocycles. The molecule has 0 bridgehead atoms. The zero-order valence-electron chi connectivity index (χ0n) is 11.5. The third kappa shape index (κ3) is 3.96. The van der Waals surface area contributed by atoms with Crippen LogP contribution in [0, 0.1) is 0 Å². The third-order valence-electron chi connectivity index (χ3n) is 3.33. The van der Waals surface area contributed by atoms with Crippen molar-refractivity contribution in [3.8, 4) is 0 Å². The smallest absolute Gasteiger partial charge is 0.317 e. The van der Waals surface area contributed by atoms with Gasteiger partial charge in [-0.05, 0) is 18.4 Å². The van der Waals surface area contributed by atoms with Crippen molar-refractivity contribution in [2.75, 3.05) is 26.3 Å². The summed E-state index contributed by atoms with van der Waals surface area (Å²) >= 11 is 0. The molecular weight excluding hydrogens is 240 g/mol. The maximum absolute atomic E-state index is 12.1. The van der Waals surface area contributed by atoms with Gasteiger partial charge in [0.1, 0.15) is 0 Å². The van der Waals surface area contributed by atoms with Gasteiger partial charge in [0.05, 0.1) is 19.3 Å². The average Bonchev–Trinajstić information content (AvgIpc) is 2.46. The number of amides is 2. The van der Waals surface area contributed by atoms with Crippen molar-refractivity contribution in [2.24, 2.45) is 0 Å². The van der Waals surface area contributed by atoms with Gasteiger partial charge in [0, 0.05) is 13.1 Å². The molecule has 1 aromatic rings. The lowest BCUT2D eigenvalue weighted by Gasteiger charge is -2.35. The van der Waals surface area contributed by atoms with Crippen molar-refractivity contribution in [3.05, 3.63) is 35.9 Å². The number of ether oxygens (including phenoxy) is 1. The summed E-state index contributed by atoms with van der Waals surface area (Å²) < 4.78 is 5.52. The van der Waals surface area contributed by atoms with Gasteiger partial charge < -0.3 is 15.0 Å². The summed E-state index contributed by atoms with van der Waals surface area (Å²) in [5.74, 6) is 0. The molecule has 1 aromatic carbocycles. The van der Waals surface area contributed by atoms with Crippen molar-refractivity contribution in [3.63, 3.8) is 0 Å². The van der Waals surface area contributed by atoms with Crippen LogP contribution in [0.15, 0.2) is 30.3 Å². The van der Waals surface area contributed by atoms with Crippen LogP contribution in [0.5, 0.6) is 0 Å². The zero-order chi connectivity index (χ0) is 13.5. The van der Waals surface area contributed by atoms with E-state index in [0.717, 1.165) is 19.4 Å². The van der Waals surface area contributed by atoms with Gasteiger partial charge in [-0.25, -0.2) is 4.79 Å². The highest BCUT2D eigenvalue weighted by Gasteiger charge is 2.27. The summed E-state index contributed by atoms with van der Waals surface area (Å²) in [5, 5.41) is 2.95. The van der Waals surface area contributed by atoms with E-state index >= 15 is 0 Å². The molecule has 2 rings (SSSR count). The SMILES string of the molecule is CCCNC(=O)N1CCOCC1Cc1ccccc1. The van der Waals surface area contributed by atoms with Crippen LogP contribution in [0.1, 0.15) is 18.9 Å². The molecule has 1 heterocycles. The van der Waals surface area contributed by atoms with Crippen molar-refractivity contribution in [1.82, 2.24) is 10.2 Å². The number of benzene rings is 1. The number of rotatable bonds is 4. The minimum Gasteiger partial charge on any atom is -0.377 e. The molecule has 1 atom stereocenters. The Bertz CT molecular complexity index is 394. The molecule has 1 aliphatic rings. The van der Waals surface area contributed by atoms with E-state index in [1.807, 2.05) is 23.1 Å². The fourth-order valence-electron chi connectivity index (χ4n) is 2.31. The molecule has 19 heavy (non-hydrogen) atoms. The van der Waals surface area contributed by atoms with Crippen LogP contribution in [0.4, 0.5) is 4.79 Å². The maximum atomic E-state index is 12.1. The molecule has 2 amide bonds. The molecule has 4 nitrogen and oxygen atoms in total. The minimum atomic E-state index is 0.0334. The Morgan fingerprint density at radius 1 is 1.42 bits per heavy atom. The van der Waals surface area contributed by atoms with Crippen molar-refractivity contribution >= 4 is 6.03 Å². The van der Waals surface area contributed by atoms with Crippen LogP contribution in [0.3, 0.4) is 0 Å². The fraction of sp³-hybridized carbons (Fsp3) is 0.533. The third-order valence-corrected chi connectivity index (χ3v) is 3.33. The van der Waals surface area contributed by atoms with Gasteiger partial charge >= 0.3 is 6.03 Å². The van der Waals surface area contributed by atoms with Gasteiger partial charge in [-0.1, -0.05) is 37.3 Å². The first-order valence-corrected chi connectivity index (χ1v) is 6.97. The van der Waals surface area contributed by atoms with Crippen molar-refractivity contribution < 1.29 is 9.53 Å². The first kappa shape index (κ1) is 13.9. The number of hydrogen-bond acceptors (Lipinski definition) is 2. The quantitative estimate of drug-likeness (QED) is 0.902. The Hall–Kier alpha value is -1.55. The summed E-state index contributed by atoms with van der Waals surface area (Å²) in [6, 6.07) is 10.4. The Kier molecular flexibility index (Phi) is 5.21. The van der Waals surface area contributed by atoms with Gasteiger partial charge in [0.25, 0.3) is 0 Å². The monoisotopic (exact) mass is 262 g/mol. The largest absolute Gasteiger partial charge is 0.377 e. The van der Waals surface area contributed by atoms with Crippen molar-refractivity contribution in [2.45, 2.75) is 25.8 Å². The molecule has 0 aromatic heterocycles. The van der Waals surface area contributed by atoms with Gasteiger partial charge in [-0.15, -0.1) is 0 Å². The average molecular weight is 262 g/mol. The standard InChI is InChI=1S/C15H22N2O2/c1-2-8-16-15(18)17-9-10-19-12-14(17)11-13-6-4-3-5-7-13/h3-7,14H,2,8-12H2,1H3,(H,16,18). The van der Waals surface area contributed by atoms with E-state index < -0.39 is 0 Å². The predicted octanol–water partition coefficient (Wildman–Crippen LogP) is 2.05. The molecule has 0 aliphatic carbocycles. The molecule has 1 unspecified atom stereocenters. The molecular formula is C15H22N2O2. The Balaban J connectivity index is 1.97. The van der Waals surface area contributed by atoms with Gasteiger partial charge in [-0.2, -0.15) is 0 Å². The van der Waals surface area contributed by atoms with E-state index in [9.17, 15) is 4.79 Å². The topological polar surface area (TPSA) is 41.6 Å². The van der Waals surface area contributed by atoms with Crippen LogP contribution >= 0.6 is 0 Å². The summed E-state index contributed by atoms with van der Waals surface area (Å²) in [7, 11) is 0. The van der Waals surface area contributed by atoms with Crippen LogP contribution in [0.25, 0.3) is 0 Å². The van der Waals surface area contributed by atoms with E-state index in [1.54, 1.807) is 0 Å². The highest BCUT2D eigenvalue weighted by molar-refractivity contribution is 5.74. The summed E-state index contributed by atoms with van der Waals surface area (Å²) in [5.41, 5.74) is 1.24. The summed E-state index contributed by atoms with van der Waals surface area (Å²) in [6.07, 6.45) is 1.81. The number of urea groups is 1. The van der Waals surface area contributed by atoms with Gasteiger partial charge in [0.15, 0.2) is 0 Å². The van der Waals surface area contributed by atoms with E-state index in [-0.39, 0.29) is 12.1 Å². The number of morpholine rings is 1. The van der Waals surface area contributed by atoms with Crippen LogP contribution in [0.2, 0.25) is 0 Å². The van der Waals surface area contributed by atoms with E-state index in [2.05, 4.69) is 24.4 Å². The van der Waals surface area contributed by atoms with Crippen LogP contribution in [-0.4, -0.2) is 43.3 Å². The molecule has 4 heteroatoms. The second-order valence-corrected chi connectivity index (χ2v) is 4.84. The van der Waals surface area contributed by atoms with Gasteiger partial charge in [0.2, 0.25) is 0 Å². The molecule has 1 aliphatic heterocycles. The van der Waals surface area contributed by atoms with E-state index in [4.69, 9.17) is 4.74 Å². The first-order chi connectivity index (χ1) is 9.31. The number of nitrogens with one attached hydrogen (secondary N) is 1. The van der Waals surface area contributed by atoms with E-state index in [0.29, 0.717) is 19.8 Å². The van der Waals surface area contributed by atoms with Crippen molar-refractivity contribution in [1.29, 1.82) is 0 Å². The molecule has 1 fully saturated rings. The summed E-state index contributed by atoms with van der Waals surface area (Å²) in [4.78, 5) is 14.0. The molecule has 0 spiro atoms. The Labute approximate surface area is 114 Å². The molecule has 104 valence electrons. The second-order valence-electron chi connectivity index (χ2n) is 4.84.